The summed E-state index contributed by atoms with van der Waals surface area (Å²) in [6, 6.07) is 0. The lowest BCUT2D eigenvalue weighted by Crippen LogP contribution is -1.97. The first-order valence-electron chi connectivity index (χ1n) is 5.68. The lowest BCUT2D eigenvalue weighted by molar-refractivity contribution is 0.336. The first kappa shape index (κ1) is 17.3. The fraction of sp³-hybridized carbons (Fsp3) is 0.385. The highest BCUT2D eigenvalue weighted by molar-refractivity contribution is 14.0. The molecule has 0 spiro atoms. The molecule has 0 bridgehead atoms. The molecule has 0 atom stereocenters. The third-order valence-corrected chi connectivity index (χ3v) is 2.82. The van der Waals surface area contributed by atoms with Crippen molar-refractivity contribution in [2.24, 2.45) is 0 Å². The van der Waals surface area contributed by atoms with Gasteiger partial charge < -0.3 is 4.74 Å². The highest BCUT2D eigenvalue weighted by Crippen LogP contribution is 2.19. The van der Waals surface area contributed by atoms with Crippen LogP contribution in [-0.2, 0) is 6.42 Å². The molecule has 5 heteroatoms. The lowest BCUT2D eigenvalue weighted by Gasteiger charge is -2.08. The van der Waals surface area contributed by atoms with Crippen molar-refractivity contribution in [3.8, 4) is 5.75 Å². The molecule has 0 N–H and O–H groups in total. The van der Waals surface area contributed by atoms with Crippen LogP contribution in [0.25, 0.3) is 0 Å². The molecule has 0 aliphatic carbocycles. The van der Waals surface area contributed by atoms with E-state index >= 15 is 0 Å². The standard InChI is InChI=1S/C10H15NO.C3H3NS.HI/c1-4-9-6-11-7-10(8(9)3)12-5-2;1-2-5-3-4-1;/h6-7H,4-5H2,1-3H3;1-3H;1H. The summed E-state index contributed by atoms with van der Waals surface area (Å²) in [5.74, 6) is 0.914. The number of thiazole rings is 1. The zero-order chi connectivity index (χ0) is 12.5. The third-order valence-electron chi connectivity index (χ3n) is 2.30. The van der Waals surface area contributed by atoms with Gasteiger partial charge in [-0.1, -0.05) is 6.92 Å². The van der Waals surface area contributed by atoms with Gasteiger partial charge in [0.15, 0.2) is 0 Å². The van der Waals surface area contributed by atoms with E-state index in [9.17, 15) is 0 Å². The van der Waals surface area contributed by atoms with Crippen molar-refractivity contribution < 1.29 is 4.74 Å². The van der Waals surface area contributed by atoms with E-state index in [-0.39, 0.29) is 24.0 Å². The van der Waals surface area contributed by atoms with E-state index in [0.717, 1.165) is 12.2 Å². The molecule has 18 heavy (non-hydrogen) atoms. The Morgan fingerprint density at radius 2 is 2.00 bits per heavy atom. The van der Waals surface area contributed by atoms with Gasteiger partial charge in [-0.05, 0) is 31.4 Å². The van der Waals surface area contributed by atoms with Crippen LogP contribution in [0.3, 0.4) is 0 Å². The predicted molar refractivity (Wildman–Crippen MR) is 87.1 cm³/mol. The maximum absolute atomic E-state index is 5.42. The molecule has 0 radical (unpaired) electrons. The zero-order valence-electron chi connectivity index (χ0n) is 10.9. The lowest BCUT2D eigenvalue weighted by atomic mass is 10.1. The van der Waals surface area contributed by atoms with E-state index in [0.29, 0.717) is 6.61 Å². The first-order valence-corrected chi connectivity index (χ1v) is 6.62. The number of aryl methyl sites for hydroxylation is 1. The van der Waals surface area contributed by atoms with Gasteiger partial charge in [-0.25, -0.2) is 0 Å². The van der Waals surface area contributed by atoms with Crippen molar-refractivity contribution in [2.45, 2.75) is 27.2 Å². The third kappa shape index (κ3) is 5.77. The van der Waals surface area contributed by atoms with Crippen molar-refractivity contribution in [3.05, 3.63) is 40.6 Å². The number of nitrogens with zero attached hydrogens (tertiary/aromatic N) is 2. The summed E-state index contributed by atoms with van der Waals surface area (Å²) in [6.45, 7) is 6.89. The van der Waals surface area contributed by atoms with E-state index in [4.69, 9.17) is 4.74 Å². The largest absolute Gasteiger partial charge is 0.492 e. The van der Waals surface area contributed by atoms with Gasteiger partial charge in [-0.15, -0.1) is 35.3 Å². The molecule has 0 saturated heterocycles. The molecule has 0 aliphatic heterocycles. The molecule has 0 fully saturated rings. The average Bonchev–Trinajstić information content (AvgIpc) is 2.91. The minimum Gasteiger partial charge on any atom is -0.492 e. The fourth-order valence-electron chi connectivity index (χ4n) is 1.38. The maximum atomic E-state index is 5.42. The average molecular weight is 378 g/mol. The van der Waals surface area contributed by atoms with E-state index in [1.807, 2.05) is 18.5 Å². The molecule has 0 aliphatic rings. The van der Waals surface area contributed by atoms with Crippen LogP contribution in [0.15, 0.2) is 29.5 Å². The summed E-state index contributed by atoms with van der Waals surface area (Å²) >= 11 is 1.60. The van der Waals surface area contributed by atoms with Gasteiger partial charge in [-0.2, -0.15) is 0 Å². The zero-order valence-corrected chi connectivity index (χ0v) is 14.1. The molecule has 0 unspecified atom stereocenters. The van der Waals surface area contributed by atoms with Crippen LogP contribution in [0.5, 0.6) is 5.75 Å². The second-order valence-electron chi connectivity index (χ2n) is 3.38. The maximum Gasteiger partial charge on any atom is 0.140 e. The molecule has 2 aromatic heterocycles. The van der Waals surface area contributed by atoms with E-state index in [2.05, 4.69) is 23.8 Å². The molecule has 0 aromatic carbocycles. The smallest absolute Gasteiger partial charge is 0.140 e. The first-order chi connectivity index (χ1) is 8.29. The van der Waals surface area contributed by atoms with Crippen molar-refractivity contribution >= 4 is 35.3 Å². The number of ether oxygens (including phenoxy) is 1. The summed E-state index contributed by atoms with van der Waals surface area (Å²) in [5.41, 5.74) is 4.27. The molecular formula is C13H19IN2OS. The molecule has 2 rings (SSSR count). The van der Waals surface area contributed by atoms with E-state index in [1.54, 1.807) is 29.2 Å². The van der Waals surface area contributed by atoms with Crippen LogP contribution in [0, 0.1) is 6.92 Å². The SMILES string of the molecule is CCOc1cncc(CC)c1C.I.c1cscn1. The molecular weight excluding hydrogens is 359 g/mol. The Labute approximate surface area is 130 Å². The Hall–Kier alpha value is -0.690. The Kier molecular flexibility index (Phi) is 9.86. The highest BCUT2D eigenvalue weighted by Gasteiger charge is 2.02. The summed E-state index contributed by atoms with van der Waals surface area (Å²) in [5, 5.41) is 1.93. The number of rotatable bonds is 3. The van der Waals surface area contributed by atoms with Crippen molar-refractivity contribution in [3.63, 3.8) is 0 Å². The highest BCUT2D eigenvalue weighted by atomic mass is 127. The van der Waals surface area contributed by atoms with Gasteiger partial charge in [0.25, 0.3) is 0 Å². The van der Waals surface area contributed by atoms with Crippen molar-refractivity contribution in [2.75, 3.05) is 6.61 Å². The van der Waals surface area contributed by atoms with Crippen LogP contribution < -0.4 is 4.74 Å². The van der Waals surface area contributed by atoms with Crippen molar-refractivity contribution in [1.29, 1.82) is 0 Å². The second-order valence-corrected chi connectivity index (χ2v) is 4.14. The molecule has 0 amide bonds. The number of hydrogen-bond donors (Lipinski definition) is 0. The number of pyridine rings is 1. The van der Waals surface area contributed by atoms with Gasteiger partial charge in [0.2, 0.25) is 0 Å². The fourth-order valence-corrected chi connectivity index (χ4v) is 1.73. The summed E-state index contributed by atoms with van der Waals surface area (Å²) in [7, 11) is 0. The van der Waals surface area contributed by atoms with Crippen LogP contribution in [0.1, 0.15) is 25.0 Å². The Morgan fingerprint density at radius 1 is 1.22 bits per heavy atom. The summed E-state index contributed by atoms with van der Waals surface area (Å²) < 4.78 is 5.42. The molecule has 2 aromatic rings. The Morgan fingerprint density at radius 3 is 2.44 bits per heavy atom. The van der Waals surface area contributed by atoms with Gasteiger partial charge in [0.05, 0.1) is 18.3 Å². The normalized spacial score (nSPS) is 8.83. The molecule has 100 valence electrons. The minimum absolute atomic E-state index is 0. The van der Waals surface area contributed by atoms with E-state index < -0.39 is 0 Å². The Balaban J connectivity index is 0.000000405. The second kappa shape index (κ2) is 10.3. The predicted octanol–water partition coefficient (Wildman–Crippen LogP) is 4.11. The number of halogens is 1. The monoisotopic (exact) mass is 378 g/mol. The topological polar surface area (TPSA) is 35.0 Å². The molecule has 0 saturated carbocycles. The number of hydrogen-bond acceptors (Lipinski definition) is 4. The van der Waals surface area contributed by atoms with Crippen molar-refractivity contribution in [1.82, 2.24) is 9.97 Å². The summed E-state index contributed by atoms with van der Waals surface area (Å²) in [6.07, 6.45) is 6.46. The van der Waals surface area contributed by atoms with Gasteiger partial charge in [0.1, 0.15) is 5.75 Å². The van der Waals surface area contributed by atoms with Crippen LogP contribution in [-0.4, -0.2) is 16.6 Å². The quantitative estimate of drug-likeness (QED) is 0.754. The van der Waals surface area contributed by atoms with Crippen LogP contribution >= 0.6 is 35.3 Å². The van der Waals surface area contributed by atoms with Gasteiger partial charge in [0, 0.05) is 17.8 Å². The van der Waals surface area contributed by atoms with Gasteiger partial charge >= 0.3 is 0 Å². The van der Waals surface area contributed by atoms with Gasteiger partial charge in [-0.3, -0.25) is 9.97 Å². The Bertz CT molecular complexity index is 404. The number of aromatic nitrogens is 2. The molecule has 3 nitrogen and oxygen atoms in total. The van der Waals surface area contributed by atoms with Crippen LogP contribution in [0.2, 0.25) is 0 Å². The van der Waals surface area contributed by atoms with E-state index in [1.165, 1.54) is 11.1 Å². The minimum atomic E-state index is 0. The summed E-state index contributed by atoms with van der Waals surface area (Å²) in [4.78, 5) is 7.85. The molecule has 2 heterocycles. The van der Waals surface area contributed by atoms with Crippen LogP contribution in [0.4, 0.5) is 0 Å².